The molecule has 1 spiro atoms. The van der Waals surface area contributed by atoms with E-state index in [1.807, 2.05) is 0 Å². The molecule has 2 nitrogen and oxygen atoms in total. The minimum absolute atomic E-state index is 0.143. The lowest BCUT2D eigenvalue weighted by molar-refractivity contribution is 0.0250. The van der Waals surface area contributed by atoms with E-state index in [0.717, 1.165) is 6.54 Å². The Labute approximate surface area is 106 Å². The molecule has 2 aliphatic rings. The second-order valence-corrected chi connectivity index (χ2v) is 6.67. The second kappa shape index (κ2) is 5.71. The highest BCUT2D eigenvalue weighted by atomic mass is 16.3. The number of rotatable bonds is 3. The van der Waals surface area contributed by atoms with Crippen molar-refractivity contribution in [3.8, 4) is 0 Å². The molecule has 0 aromatic rings. The average molecular weight is 239 g/mol. The summed E-state index contributed by atoms with van der Waals surface area (Å²) in [5.74, 6) is 0.389. The molecule has 0 aromatic heterocycles. The van der Waals surface area contributed by atoms with Gasteiger partial charge in [0, 0.05) is 6.54 Å². The van der Waals surface area contributed by atoms with Gasteiger partial charge in [-0.2, -0.15) is 0 Å². The van der Waals surface area contributed by atoms with Crippen LogP contribution in [-0.2, 0) is 0 Å². The van der Waals surface area contributed by atoms with Crippen LogP contribution in [-0.4, -0.2) is 35.7 Å². The summed E-state index contributed by atoms with van der Waals surface area (Å²) >= 11 is 0. The Kier molecular flexibility index (Phi) is 4.48. The number of hydrogen-bond donors (Lipinski definition) is 1. The highest BCUT2D eigenvalue weighted by Gasteiger charge is 2.35. The Morgan fingerprint density at radius 3 is 2.12 bits per heavy atom. The minimum Gasteiger partial charge on any atom is -0.392 e. The van der Waals surface area contributed by atoms with Crippen molar-refractivity contribution >= 4 is 0 Å². The Morgan fingerprint density at radius 1 is 1.00 bits per heavy atom. The van der Waals surface area contributed by atoms with Gasteiger partial charge in [-0.1, -0.05) is 33.1 Å². The van der Waals surface area contributed by atoms with Crippen molar-refractivity contribution in [2.45, 2.75) is 64.9 Å². The molecule has 100 valence electrons. The van der Waals surface area contributed by atoms with Crippen LogP contribution in [0.1, 0.15) is 58.8 Å². The van der Waals surface area contributed by atoms with E-state index in [4.69, 9.17) is 0 Å². The standard InChI is InChI=1S/C15H29NO/c1-13(2)14(17)12-16-10-8-15(9-11-16)6-4-3-5-7-15/h13-14,17H,3-12H2,1-2H3. The van der Waals surface area contributed by atoms with E-state index in [2.05, 4.69) is 18.7 Å². The normalized spacial score (nSPS) is 27.5. The fraction of sp³-hybridized carbons (Fsp3) is 1.00. The highest BCUT2D eigenvalue weighted by molar-refractivity contribution is 4.88. The van der Waals surface area contributed by atoms with Crippen molar-refractivity contribution in [3.63, 3.8) is 0 Å². The molecule has 17 heavy (non-hydrogen) atoms. The topological polar surface area (TPSA) is 23.5 Å². The van der Waals surface area contributed by atoms with E-state index in [1.54, 1.807) is 0 Å². The molecule has 1 N–H and O–H groups in total. The number of hydrogen-bond acceptors (Lipinski definition) is 2. The van der Waals surface area contributed by atoms with Gasteiger partial charge in [-0.15, -0.1) is 0 Å². The van der Waals surface area contributed by atoms with Gasteiger partial charge in [0.25, 0.3) is 0 Å². The Hall–Kier alpha value is -0.0800. The van der Waals surface area contributed by atoms with E-state index >= 15 is 0 Å². The van der Waals surface area contributed by atoms with Crippen molar-refractivity contribution in [2.75, 3.05) is 19.6 Å². The Bertz CT molecular complexity index is 223. The molecule has 1 aliphatic heterocycles. The lowest BCUT2D eigenvalue weighted by Gasteiger charge is -2.44. The number of likely N-dealkylation sites (tertiary alicyclic amines) is 1. The fourth-order valence-corrected chi connectivity index (χ4v) is 3.49. The molecule has 2 fully saturated rings. The van der Waals surface area contributed by atoms with E-state index in [-0.39, 0.29) is 6.10 Å². The zero-order valence-electron chi connectivity index (χ0n) is 11.6. The first-order chi connectivity index (χ1) is 8.11. The number of piperidine rings is 1. The molecule has 0 radical (unpaired) electrons. The second-order valence-electron chi connectivity index (χ2n) is 6.67. The Morgan fingerprint density at radius 2 is 1.59 bits per heavy atom. The van der Waals surface area contributed by atoms with Gasteiger partial charge in [0.15, 0.2) is 0 Å². The van der Waals surface area contributed by atoms with Crippen LogP contribution in [0, 0.1) is 11.3 Å². The highest BCUT2D eigenvalue weighted by Crippen LogP contribution is 2.44. The quantitative estimate of drug-likeness (QED) is 0.818. The van der Waals surface area contributed by atoms with Gasteiger partial charge in [-0.05, 0) is 50.1 Å². The van der Waals surface area contributed by atoms with Crippen LogP contribution in [0.4, 0.5) is 0 Å². The number of aliphatic hydroxyl groups excluding tert-OH is 1. The maximum Gasteiger partial charge on any atom is 0.0689 e. The molecule has 0 amide bonds. The summed E-state index contributed by atoms with van der Waals surface area (Å²) in [7, 11) is 0. The molecule has 2 rings (SSSR count). The van der Waals surface area contributed by atoms with Crippen LogP contribution in [0.2, 0.25) is 0 Å². The largest absolute Gasteiger partial charge is 0.392 e. The van der Waals surface area contributed by atoms with Crippen molar-refractivity contribution in [3.05, 3.63) is 0 Å². The molecule has 0 bridgehead atoms. The molecule has 0 aromatic carbocycles. The first-order valence-electron chi connectivity index (χ1n) is 7.52. The van der Waals surface area contributed by atoms with Crippen LogP contribution in [0.3, 0.4) is 0 Å². The number of aliphatic hydroxyl groups is 1. The molecule has 1 heterocycles. The van der Waals surface area contributed by atoms with Gasteiger partial charge < -0.3 is 10.0 Å². The first-order valence-corrected chi connectivity index (χ1v) is 7.52. The monoisotopic (exact) mass is 239 g/mol. The SMILES string of the molecule is CC(C)C(O)CN1CCC2(CCCCC2)CC1. The molecule has 2 heteroatoms. The van der Waals surface area contributed by atoms with Gasteiger partial charge in [-0.25, -0.2) is 0 Å². The fourth-order valence-electron chi connectivity index (χ4n) is 3.49. The smallest absolute Gasteiger partial charge is 0.0689 e. The third-order valence-electron chi connectivity index (χ3n) is 5.05. The van der Waals surface area contributed by atoms with E-state index in [1.165, 1.54) is 58.0 Å². The lowest BCUT2D eigenvalue weighted by Crippen LogP contribution is -2.44. The molecule has 1 unspecified atom stereocenters. The molecular weight excluding hydrogens is 210 g/mol. The zero-order chi connectivity index (χ0) is 12.3. The summed E-state index contributed by atoms with van der Waals surface area (Å²) in [5.41, 5.74) is 0.692. The van der Waals surface area contributed by atoms with Crippen LogP contribution in [0.15, 0.2) is 0 Å². The van der Waals surface area contributed by atoms with Gasteiger partial charge in [0.1, 0.15) is 0 Å². The van der Waals surface area contributed by atoms with Gasteiger partial charge in [0.2, 0.25) is 0 Å². The predicted octanol–water partition coefficient (Wildman–Crippen LogP) is 3.05. The maximum absolute atomic E-state index is 9.94. The zero-order valence-corrected chi connectivity index (χ0v) is 11.6. The van der Waals surface area contributed by atoms with Crippen LogP contribution in [0.25, 0.3) is 0 Å². The third kappa shape index (κ3) is 3.45. The predicted molar refractivity (Wildman–Crippen MR) is 72.0 cm³/mol. The van der Waals surface area contributed by atoms with Crippen molar-refractivity contribution in [2.24, 2.45) is 11.3 Å². The molecule has 1 aliphatic carbocycles. The lowest BCUT2D eigenvalue weighted by atomic mass is 9.68. The van der Waals surface area contributed by atoms with Crippen LogP contribution < -0.4 is 0 Å². The maximum atomic E-state index is 9.94. The third-order valence-corrected chi connectivity index (χ3v) is 5.05. The average Bonchev–Trinajstić information content (AvgIpc) is 2.33. The summed E-state index contributed by atoms with van der Waals surface area (Å²) in [4.78, 5) is 2.48. The van der Waals surface area contributed by atoms with Gasteiger partial charge >= 0.3 is 0 Å². The van der Waals surface area contributed by atoms with Crippen molar-refractivity contribution in [1.29, 1.82) is 0 Å². The molecule has 1 saturated carbocycles. The van der Waals surface area contributed by atoms with Crippen LogP contribution >= 0.6 is 0 Å². The van der Waals surface area contributed by atoms with Crippen LogP contribution in [0.5, 0.6) is 0 Å². The first kappa shape index (κ1) is 13.4. The summed E-state index contributed by atoms with van der Waals surface area (Å²) in [6.45, 7) is 7.52. The summed E-state index contributed by atoms with van der Waals surface area (Å²) in [6.07, 6.45) is 9.90. The van der Waals surface area contributed by atoms with Crippen molar-refractivity contribution < 1.29 is 5.11 Å². The van der Waals surface area contributed by atoms with Crippen molar-refractivity contribution in [1.82, 2.24) is 4.90 Å². The minimum atomic E-state index is -0.143. The summed E-state index contributed by atoms with van der Waals surface area (Å²) in [6, 6.07) is 0. The van der Waals surface area contributed by atoms with Gasteiger partial charge in [0.05, 0.1) is 6.10 Å². The number of β-amino-alcohol motifs (C(OH)–C–C–N with tert-alkyl or cyclic N) is 1. The van der Waals surface area contributed by atoms with E-state index in [9.17, 15) is 5.11 Å². The molecule has 1 saturated heterocycles. The summed E-state index contributed by atoms with van der Waals surface area (Å²) < 4.78 is 0. The number of nitrogens with zero attached hydrogens (tertiary/aromatic N) is 1. The molecule has 1 atom stereocenters. The molecular formula is C15H29NO. The van der Waals surface area contributed by atoms with E-state index < -0.39 is 0 Å². The van der Waals surface area contributed by atoms with E-state index in [0.29, 0.717) is 11.3 Å². The Balaban J connectivity index is 1.77. The van der Waals surface area contributed by atoms with Gasteiger partial charge in [-0.3, -0.25) is 0 Å². The summed E-state index contributed by atoms with van der Waals surface area (Å²) in [5, 5.41) is 9.94.